The van der Waals surface area contributed by atoms with Crippen LogP contribution in [-0.2, 0) is 11.3 Å². The number of carbonyl (C=O) groups is 2. The summed E-state index contributed by atoms with van der Waals surface area (Å²) in [5.74, 6) is 6.17. The predicted octanol–water partition coefficient (Wildman–Crippen LogP) is 4.68. The molecule has 0 atom stereocenters. The summed E-state index contributed by atoms with van der Waals surface area (Å²) in [7, 11) is 1.42. The van der Waals surface area contributed by atoms with Crippen molar-refractivity contribution in [1.82, 2.24) is 10.3 Å². The maximum Gasteiger partial charge on any atom is 0.263 e. The van der Waals surface area contributed by atoms with E-state index in [0.29, 0.717) is 28.3 Å². The fourth-order valence-electron chi connectivity index (χ4n) is 3.95. The second-order valence-corrected chi connectivity index (χ2v) is 9.66. The lowest BCUT2D eigenvalue weighted by atomic mass is 10.1. The van der Waals surface area contributed by atoms with E-state index in [9.17, 15) is 18.4 Å². The maximum absolute atomic E-state index is 13.7. The number of methoxy groups -OCH3 is 1. The number of carbonyl (C=O) groups excluding carboxylic acids is 2. The van der Waals surface area contributed by atoms with Crippen LogP contribution in [0.2, 0.25) is 0 Å². The van der Waals surface area contributed by atoms with Gasteiger partial charge >= 0.3 is 0 Å². The second-order valence-electron chi connectivity index (χ2n) is 9.66. The maximum atomic E-state index is 13.7. The molecule has 0 radical (unpaired) electrons. The Labute approximate surface area is 237 Å². The van der Waals surface area contributed by atoms with Gasteiger partial charge in [-0.1, -0.05) is 19.9 Å². The molecule has 2 amide bonds. The monoisotopic (exact) mass is 567 g/mol. The van der Waals surface area contributed by atoms with Crippen molar-refractivity contribution in [2.75, 3.05) is 22.8 Å². The number of pyridine rings is 1. The fraction of sp³-hybridized carbons (Fsp3) is 0.276. The number of aryl methyl sites for hydroxylation is 1. The van der Waals surface area contributed by atoms with Crippen LogP contribution in [0.4, 0.5) is 26.0 Å². The molecule has 0 bridgehead atoms. The quantitative estimate of drug-likeness (QED) is 0.166. The first-order valence-electron chi connectivity index (χ1n) is 12.8. The van der Waals surface area contributed by atoms with E-state index in [2.05, 4.69) is 20.9 Å². The minimum absolute atomic E-state index is 0.112. The van der Waals surface area contributed by atoms with Crippen molar-refractivity contribution < 1.29 is 23.1 Å². The zero-order valence-corrected chi connectivity index (χ0v) is 23.6. The smallest absolute Gasteiger partial charge is 0.263 e. The van der Waals surface area contributed by atoms with Gasteiger partial charge in [-0.2, -0.15) is 0 Å². The average Bonchev–Trinajstić information content (AvgIpc) is 2.91. The van der Waals surface area contributed by atoms with Gasteiger partial charge < -0.3 is 26.4 Å². The van der Waals surface area contributed by atoms with Crippen LogP contribution in [0.25, 0.3) is 5.70 Å². The van der Waals surface area contributed by atoms with Gasteiger partial charge in [0.15, 0.2) is 0 Å². The average molecular weight is 568 g/mol. The number of nitrogens with zero attached hydrogens (tertiary/aromatic N) is 2. The third-order valence-corrected chi connectivity index (χ3v) is 6.02. The first-order valence-corrected chi connectivity index (χ1v) is 12.8. The molecule has 3 rings (SSSR count). The van der Waals surface area contributed by atoms with E-state index in [0.717, 1.165) is 5.56 Å². The number of benzene rings is 2. The molecule has 7 N–H and O–H groups in total. The van der Waals surface area contributed by atoms with E-state index < -0.39 is 12.3 Å². The summed E-state index contributed by atoms with van der Waals surface area (Å²) in [6, 6.07) is 10.9. The summed E-state index contributed by atoms with van der Waals surface area (Å²) in [6.45, 7) is 7.34. The highest BCUT2D eigenvalue weighted by Gasteiger charge is 2.20. The first kappa shape index (κ1) is 31.0. The molecule has 10 nitrogen and oxygen atoms in total. The molecule has 1 heterocycles. The van der Waals surface area contributed by atoms with Gasteiger partial charge in [-0.15, -0.1) is 0 Å². The summed E-state index contributed by atoms with van der Waals surface area (Å²) in [5, 5.41) is 9.75. The Hall–Kier alpha value is -4.55. The number of nitrogens with one attached hydrogen (secondary N) is 3. The molecule has 3 aromatic rings. The Bertz CT molecular complexity index is 1430. The van der Waals surface area contributed by atoms with E-state index in [-0.39, 0.29) is 41.1 Å². The van der Waals surface area contributed by atoms with Crippen molar-refractivity contribution in [1.29, 1.82) is 0 Å². The topological polar surface area (TPSA) is 148 Å². The van der Waals surface area contributed by atoms with E-state index in [1.807, 2.05) is 20.8 Å². The Kier molecular flexibility index (Phi) is 10.3. The lowest BCUT2D eigenvalue weighted by Gasteiger charge is -2.20. The Morgan fingerprint density at radius 3 is 2.39 bits per heavy atom. The molecule has 0 saturated heterocycles. The van der Waals surface area contributed by atoms with Gasteiger partial charge in [0.1, 0.15) is 11.6 Å². The van der Waals surface area contributed by atoms with Crippen LogP contribution in [0.5, 0.6) is 5.75 Å². The highest BCUT2D eigenvalue weighted by Crippen LogP contribution is 2.35. The number of halogens is 2. The van der Waals surface area contributed by atoms with Gasteiger partial charge in [0, 0.05) is 54.2 Å². The van der Waals surface area contributed by atoms with Crippen molar-refractivity contribution in [3.05, 3.63) is 82.7 Å². The SMILES string of the molecule is COc1c(CNC(C)C)cc(C(F)F)cc1NC(=O)c1ccc(C)c(N(N)/C=C(\N)c2ccc(NC(C)=O)nc2)c1. The van der Waals surface area contributed by atoms with Crippen LogP contribution in [0, 0.1) is 6.92 Å². The highest BCUT2D eigenvalue weighted by atomic mass is 19.3. The Morgan fingerprint density at radius 2 is 1.80 bits per heavy atom. The molecular formula is C29H35F2N7O3. The summed E-state index contributed by atoms with van der Waals surface area (Å²) >= 11 is 0. The van der Waals surface area contributed by atoms with Crippen LogP contribution >= 0.6 is 0 Å². The fourth-order valence-corrected chi connectivity index (χ4v) is 3.95. The third kappa shape index (κ3) is 8.22. The number of amides is 2. The van der Waals surface area contributed by atoms with Gasteiger partial charge in [-0.25, -0.2) is 19.6 Å². The molecule has 0 aliphatic carbocycles. The number of rotatable bonds is 11. The van der Waals surface area contributed by atoms with E-state index >= 15 is 0 Å². The molecular weight excluding hydrogens is 532 g/mol. The van der Waals surface area contributed by atoms with Gasteiger partial charge in [0.05, 0.1) is 24.2 Å². The summed E-state index contributed by atoms with van der Waals surface area (Å²) < 4.78 is 32.8. The molecule has 2 aromatic carbocycles. The number of hydrazine groups is 1. The molecule has 0 spiro atoms. The van der Waals surface area contributed by atoms with Gasteiger partial charge in [-0.3, -0.25) is 14.6 Å². The number of aromatic nitrogens is 1. The second kappa shape index (κ2) is 13.7. The standard InChI is InChI=1S/C29H35F2N7O3/c1-16(2)34-14-22-10-21(28(30)31)11-24(27(22)41-5)37-29(40)19-7-6-17(3)25(12-19)38(33)15-23(32)20-8-9-26(35-13-20)36-18(4)39/h6-13,15-16,28,34H,14,32-33H2,1-5H3,(H,37,40)(H,35,36,39)/b23-15-. The normalized spacial score (nSPS) is 11.5. The number of hydrogen-bond acceptors (Lipinski definition) is 8. The summed E-state index contributed by atoms with van der Waals surface area (Å²) in [6.07, 6.45) is 0.232. The number of ether oxygens (including phenoxy) is 1. The Balaban J connectivity index is 1.88. The van der Waals surface area contributed by atoms with E-state index in [1.54, 1.807) is 30.3 Å². The predicted molar refractivity (Wildman–Crippen MR) is 156 cm³/mol. The van der Waals surface area contributed by atoms with Crippen molar-refractivity contribution >= 4 is 34.7 Å². The molecule has 12 heteroatoms. The zero-order valence-electron chi connectivity index (χ0n) is 23.6. The largest absolute Gasteiger partial charge is 0.494 e. The van der Waals surface area contributed by atoms with Crippen molar-refractivity contribution in [3.63, 3.8) is 0 Å². The van der Waals surface area contributed by atoms with Gasteiger partial charge in [0.2, 0.25) is 5.91 Å². The zero-order chi connectivity index (χ0) is 30.3. The molecule has 0 aliphatic heterocycles. The highest BCUT2D eigenvalue weighted by molar-refractivity contribution is 6.06. The van der Waals surface area contributed by atoms with Crippen molar-refractivity contribution in [3.8, 4) is 5.75 Å². The minimum atomic E-state index is -2.74. The lowest BCUT2D eigenvalue weighted by Crippen LogP contribution is -2.27. The number of hydrogen-bond donors (Lipinski definition) is 5. The van der Waals surface area contributed by atoms with Crippen molar-refractivity contribution in [2.45, 2.75) is 46.7 Å². The third-order valence-electron chi connectivity index (χ3n) is 6.02. The molecule has 218 valence electrons. The lowest BCUT2D eigenvalue weighted by molar-refractivity contribution is -0.114. The van der Waals surface area contributed by atoms with Crippen LogP contribution < -0.4 is 37.3 Å². The summed E-state index contributed by atoms with van der Waals surface area (Å²) in [5.41, 5.74) is 8.93. The molecule has 0 aliphatic rings. The minimum Gasteiger partial charge on any atom is -0.494 e. The van der Waals surface area contributed by atoms with Crippen molar-refractivity contribution in [2.24, 2.45) is 11.6 Å². The Morgan fingerprint density at radius 1 is 1.10 bits per heavy atom. The van der Waals surface area contributed by atoms with Gasteiger partial charge in [0.25, 0.3) is 12.3 Å². The molecule has 0 saturated carbocycles. The molecule has 1 aromatic heterocycles. The number of anilines is 3. The molecule has 0 unspecified atom stereocenters. The number of alkyl halides is 2. The van der Waals surface area contributed by atoms with E-state index in [1.165, 1.54) is 43.6 Å². The van der Waals surface area contributed by atoms with Crippen LogP contribution in [-0.4, -0.2) is 29.9 Å². The van der Waals surface area contributed by atoms with Crippen LogP contribution in [0.1, 0.15) is 59.8 Å². The summed E-state index contributed by atoms with van der Waals surface area (Å²) in [4.78, 5) is 28.6. The van der Waals surface area contributed by atoms with Crippen LogP contribution in [0.15, 0.2) is 54.9 Å². The number of nitrogens with two attached hydrogens (primary N) is 2. The first-order chi connectivity index (χ1) is 19.4. The molecule has 41 heavy (non-hydrogen) atoms. The van der Waals surface area contributed by atoms with E-state index in [4.69, 9.17) is 16.3 Å². The van der Waals surface area contributed by atoms with Gasteiger partial charge in [-0.05, 0) is 48.9 Å². The van der Waals surface area contributed by atoms with Crippen LogP contribution in [0.3, 0.4) is 0 Å². The molecule has 0 fully saturated rings.